The van der Waals surface area contributed by atoms with Crippen LogP contribution in [0.15, 0.2) is 0 Å². The zero-order chi connectivity index (χ0) is 0. The van der Waals surface area contributed by atoms with Crippen LogP contribution in [0.4, 0.5) is 0 Å². The van der Waals surface area contributed by atoms with Gasteiger partial charge in [-0.15, -0.1) is 0 Å². The minimum absolute atomic E-state index is 0. The molecule has 0 N–H and O–H groups in total. The van der Waals surface area contributed by atoms with E-state index in [1.807, 2.05) is 0 Å². The van der Waals surface area contributed by atoms with Gasteiger partial charge >= 0.3 is 118 Å². The summed E-state index contributed by atoms with van der Waals surface area (Å²) in [6.07, 6.45) is 0. The Bertz CT molecular complexity index is 17.7. The average molecular weight is 500 g/mol. The van der Waals surface area contributed by atoms with Gasteiger partial charge < -0.3 is 11.0 Å². The van der Waals surface area contributed by atoms with Crippen LogP contribution in [0.1, 0.15) is 0 Å². The fraction of sp³-hybridized carbons (Fsp3) is 0. The first-order chi connectivity index (χ1) is 0. The Morgan fingerprint density at radius 2 is 0.857 bits per heavy atom. The van der Waals surface area contributed by atoms with Crippen molar-refractivity contribution in [3.8, 4) is 0 Å². The first-order valence-electron chi connectivity index (χ1n) is 0. The van der Waals surface area contributed by atoms with E-state index < -0.39 is 0 Å². The molecule has 0 rings (SSSR count). The third kappa shape index (κ3) is 42.5. The zero-order valence-corrected chi connectivity index (χ0v) is 13.7. The number of hydrogen-bond donors (Lipinski definition) is 0. The van der Waals surface area contributed by atoms with E-state index >= 15 is 0 Å². The monoisotopic (exact) mass is 500 g/mol. The molecule has 0 saturated carbocycles. The molecule has 0 aliphatic heterocycles. The Balaban J connectivity index is 0. The molecule has 0 aliphatic carbocycles. The van der Waals surface area contributed by atoms with Gasteiger partial charge in [0.25, 0.3) is 0 Å². The molecular formula is CeCoO2SbSiSn+12. The van der Waals surface area contributed by atoms with Gasteiger partial charge in [-0.3, -0.25) is 0 Å². The summed E-state index contributed by atoms with van der Waals surface area (Å²) in [5.41, 5.74) is 0. The molecule has 0 amide bonds. The van der Waals surface area contributed by atoms with Gasteiger partial charge in [0, 0.05) is 0 Å². The van der Waals surface area contributed by atoms with E-state index in [2.05, 4.69) is 0 Å². The molecular weight excluding hydrogens is 500 g/mol. The summed E-state index contributed by atoms with van der Waals surface area (Å²) in [5, 5.41) is 0. The summed E-state index contributed by atoms with van der Waals surface area (Å²) in [6.45, 7) is 0. The Morgan fingerprint density at radius 1 is 0.857 bits per heavy atom. The molecule has 0 aromatic rings. The largest absolute Gasteiger partial charge is 4.00 e. The predicted octanol–water partition coefficient (Wildman–Crippen LogP) is -1.38. The fourth-order valence-electron chi connectivity index (χ4n) is 0. The van der Waals surface area contributed by atoms with Gasteiger partial charge in [0.15, 0.2) is 0 Å². The number of hydrogen-bond acceptors (Lipinski definition) is 0. The molecule has 7 heteroatoms. The Kier molecular flexibility index (Phi) is 580. The van der Waals surface area contributed by atoms with Gasteiger partial charge in [0.1, 0.15) is 0 Å². The molecule has 0 heterocycles. The SMILES string of the molecule is [Ce+3].[Co+2].[O-2].[O-2].[Sb+3].[Si+4].[Sn+4]. The molecule has 0 atom stereocenters. The summed E-state index contributed by atoms with van der Waals surface area (Å²) in [6, 6.07) is 0. The van der Waals surface area contributed by atoms with Crippen molar-refractivity contribution in [2.45, 2.75) is 0 Å². The van der Waals surface area contributed by atoms with Crippen molar-refractivity contribution in [1.82, 2.24) is 0 Å². The minimum atomic E-state index is 0. The van der Waals surface area contributed by atoms with E-state index in [-0.39, 0.29) is 129 Å². The summed E-state index contributed by atoms with van der Waals surface area (Å²) in [5.74, 6) is 0. The van der Waals surface area contributed by atoms with E-state index in [9.17, 15) is 0 Å². The molecule has 2 nitrogen and oxygen atoms in total. The van der Waals surface area contributed by atoms with Crippen LogP contribution < -0.4 is 0 Å². The van der Waals surface area contributed by atoms with E-state index in [4.69, 9.17) is 0 Å². The van der Waals surface area contributed by atoms with Crippen molar-refractivity contribution >= 4 is 59.3 Å². The summed E-state index contributed by atoms with van der Waals surface area (Å²) in [4.78, 5) is 0. The maximum atomic E-state index is 0. The molecule has 0 aliphatic rings. The average Bonchev–Trinajstić information content (AvgIpc) is 0. The Labute approximate surface area is 126 Å². The quantitative estimate of drug-likeness (QED) is 0.369. The van der Waals surface area contributed by atoms with Crippen molar-refractivity contribution in [2.75, 3.05) is 0 Å². The van der Waals surface area contributed by atoms with Crippen molar-refractivity contribution in [3.63, 3.8) is 0 Å². The van der Waals surface area contributed by atoms with Crippen molar-refractivity contribution in [2.24, 2.45) is 0 Å². The maximum absolute atomic E-state index is 0. The standard InChI is InChI=1S/Ce.Co.2O.Sb.Si.Sn/q+3;+2;2*-2;+3;2*+4. The van der Waals surface area contributed by atoms with E-state index in [0.717, 1.165) is 0 Å². The van der Waals surface area contributed by atoms with Gasteiger partial charge in [-0.2, -0.15) is 0 Å². The minimum Gasteiger partial charge on any atom is -2.00 e. The van der Waals surface area contributed by atoms with Gasteiger partial charge in [-0.1, -0.05) is 0 Å². The van der Waals surface area contributed by atoms with Crippen molar-refractivity contribution < 1.29 is 69.5 Å². The summed E-state index contributed by atoms with van der Waals surface area (Å²) in [7, 11) is 0. The molecule has 0 saturated heterocycles. The third-order valence-electron chi connectivity index (χ3n) is 0. The van der Waals surface area contributed by atoms with Crippen LogP contribution in [0.3, 0.4) is 0 Å². The van der Waals surface area contributed by atoms with E-state index in [1.165, 1.54) is 0 Å². The van der Waals surface area contributed by atoms with Crippen molar-refractivity contribution in [3.05, 3.63) is 0 Å². The molecule has 0 spiro atoms. The number of rotatable bonds is 0. The maximum Gasteiger partial charge on any atom is 4.00 e. The first-order valence-corrected chi connectivity index (χ1v) is 0. The molecule has 26 valence electrons. The van der Waals surface area contributed by atoms with Crippen molar-refractivity contribution in [1.29, 1.82) is 0 Å². The third-order valence-corrected chi connectivity index (χ3v) is 0. The van der Waals surface area contributed by atoms with E-state index in [0.29, 0.717) is 0 Å². The van der Waals surface area contributed by atoms with Crippen LogP contribution in [0, 0.1) is 41.7 Å². The van der Waals surface area contributed by atoms with Crippen LogP contribution in [0.2, 0.25) is 0 Å². The fourth-order valence-corrected chi connectivity index (χ4v) is 0. The molecule has 0 aromatic heterocycles. The zero-order valence-electron chi connectivity index (χ0n) is 3.10. The molecule has 0 fully saturated rings. The molecule has 0 bridgehead atoms. The van der Waals surface area contributed by atoms with Gasteiger partial charge in [0.2, 0.25) is 0 Å². The second-order valence-electron chi connectivity index (χ2n) is 0. The van der Waals surface area contributed by atoms with Crippen LogP contribution in [-0.2, 0) is 27.7 Å². The first kappa shape index (κ1) is 74.7. The van der Waals surface area contributed by atoms with Crippen LogP contribution in [0.5, 0.6) is 0 Å². The Hall–Kier alpha value is 3.64. The van der Waals surface area contributed by atoms with Crippen LogP contribution in [0.25, 0.3) is 0 Å². The van der Waals surface area contributed by atoms with Crippen LogP contribution in [-0.4, -0.2) is 59.3 Å². The topological polar surface area (TPSA) is 57.0 Å². The van der Waals surface area contributed by atoms with Gasteiger partial charge in [-0.25, -0.2) is 0 Å². The van der Waals surface area contributed by atoms with Gasteiger partial charge in [-0.05, 0) is 0 Å². The summed E-state index contributed by atoms with van der Waals surface area (Å²) < 4.78 is 0. The second kappa shape index (κ2) is 54.3. The van der Waals surface area contributed by atoms with Crippen LogP contribution >= 0.6 is 0 Å². The molecule has 4 radical (unpaired) electrons. The van der Waals surface area contributed by atoms with Gasteiger partial charge in [0.05, 0.1) is 0 Å². The second-order valence-corrected chi connectivity index (χ2v) is 0. The van der Waals surface area contributed by atoms with E-state index in [1.54, 1.807) is 0 Å². The molecule has 0 unspecified atom stereocenters. The summed E-state index contributed by atoms with van der Waals surface area (Å²) >= 11 is 0. The Morgan fingerprint density at radius 3 is 0.857 bits per heavy atom. The molecule has 7 heavy (non-hydrogen) atoms. The molecule has 0 aromatic carbocycles. The normalized spacial score (nSPS) is 0. The predicted molar refractivity (Wildman–Crippen MR) is 18.6 cm³/mol. The smallest absolute Gasteiger partial charge is 2.00 e.